The summed E-state index contributed by atoms with van der Waals surface area (Å²) in [5, 5.41) is 0. The van der Waals surface area contributed by atoms with Crippen molar-refractivity contribution in [2.45, 2.75) is 12.8 Å². The Morgan fingerprint density at radius 2 is 2.31 bits per heavy atom. The van der Waals surface area contributed by atoms with E-state index in [-0.39, 0.29) is 0 Å². The molecule has 4 N–H and O–H groups in total. The van der Waals surface area contributed by atoms with Gasteiger partial charge < -0.3 is 16.4 Å². The molecule has 1 aromatic rings. The molecule has 1 aliphatic heterocycles. The first-order chi connectivity index (χ1) is 7.78. The van der Waals surface area contributed by atoms with Crippen LogP contribution in [0.5, 0.6) is 0 Å². The van der Waals surface area contributed by atoms with Crippen molar-refractivity contribution >= 4 is 5.82 Å². The van der Waals surface area contributed by atoms with Crippen molar-refractivity contribution in [1.29, 1.82) is 0 Å². The molecule has 1 unspecified atom stereocenters. The number of pyridine rings is 1. The monoisotopic (exact) mass is 220 g/mol. The molecule has 0 bridgehead atoms. The molecule has 0 amide bonds. The summed E-state index contributed by atoms with van der Waals surface area (Å²) < 4.78 is 0. The Morgan fingerprint density at radius 1 is 1.44 bits per heavy atom. The van der Waals surface area contributed by atoms with Gasteiger partial charge in [0.2, 0.25) is 0 Å². The summed E-state index contributed by atoms with van der Waals surface area (Å²) in [6.07, 6.45) is 2.28. The lowest BCUT2D eigenvalue weighted by molar-refractivity contribution is 0.332. The second kappa shape index (κ2) is 5.27. The van der Waals surface area contributed by atoms with Gasteiger partial charge >= 0.3 is 0 Å². The summed E-state index contributed by atoms with van der Waals surface area (Å²) in [7, 11) is 0. The summed E-state index contributed by atoms with van der Waals surface area (Å²) >= 11 is 0. The van der Waals surface area contributed by atoms with Gasteiger partial charge in [0.15, 0.2) is 0 Å². The Balaban J connectivity index is 1.87. The Labute approximate surface area is 96.6 Å². The highest BCUT2D eigenvalue weighted by Crippen LogP contribution is 2.19. The third-order valence-corrected chi connectivity index (χ3v) is 3.14. The third-order valence-electron chi connectivity index (χ3n) is 3.14. The summed E-state index contributed by atoms with van der Waals surface area (Å²) in [6.45, 7) is 4.09. The van der Waals surface area contributed by atoms with Gasteiger partial charge in [-0.05, 0) is 37.4 Å². The Bertz CT molecular complexity index is 340. The van der Waals surface area contributed by atoms with Crippen LogP contribution in [-0.2, 0) is 6.42 Å². The molecule has 16 heavy (non-hydrogen) atoms. The fourth-order valence-corrected chi connectivity index (χ4v) is 2.37. The maximum absolute atomic E-state index is 5.67. The maximum Gasteiger partial charge on any atom is 0.123 e. The van der Waals surface area contributed by atoms with E-state index in [4.69, 9.17) is 11.5 Å². The molecule has 1 saturated heterocycles. The molecule has 0 radical (unpaired) electrons. The molecule has 4 nitrogen and oxygen atoms in total. The number of aromatic nitrogens is 1. The minimum absolute atomic E-state index is 0.620. The lowest BCUT2D eigenvalue weighted by Gasteiger charge is -2.14. The summed E-state index contributed by atoms with van der Waals surface area (Å²) in [5.74, 6) is 1.33. The SMILES string of the molecule is NCCN1CCC(Cc2cccc(N)n2)C1. The van der Waals surface area contributed by atoms with E-state index in [1.165, 1.54) is 13.0 Å². The molecule has 0 aliphatic carbocycles. The topological polar surface area (TPSA) is 68.2 Å². The molecule has 2 heterocycles. The van der Waals surface area contributed by atoms with E-state index in [1.807, 2.05) is 12.1 Å². The number of nitrogens with two attached hydrogens (primary N) is 2. The van der Waals surface area contributed by atoms with E-state index in [1.54, 1.807) is 0 Å². The lowest BCUT2D eigenvalue weighted by atomic mass is 10.0. The van der Waals surface area contributed by atoms with Crippen molar-refractivity contribution in [2.24, 2.45) is 11.7 Å². The van der Waals surface area contributed by atoms with E-state index >= 15 is 0 Å². The fraction of sp³-hybridized carbons (Fsp3) is 0.583. The van der Waals surface area contributed by atoms with Crippen LogP contribution in [0.25, 0.3) is 0 Å². The normalized spacial score (nSPS) is 21.4. The summed E-state index contributed by atoms with van der Waals surface area (Å²) in [4.78, 5) is 6.77. The second-order valence-electron chi connectivity index (χ2n) is 4.50. The van der Waals surface area contributed by atoms with Gasteiger partial charge in [0.05, 0.1) is 0 Å². The van der Waals surface area contributed by atoms with Gasteiger partial charge in [-0.1, -0.05) is 6.07 Å². The van der Waals surface area contributed by atoms with Gasteiger partial charge in [0.25, 0.3) is 0 Å². The number of nitrogens with zero attached hydrogens (tertiary/aromatic N) is 2. The van der Waals surface area contributed by atoms with Crippen LogP contribution in [0.2, 0.25) is 0 Å². The Kier molecular flexibility index (Phi) is 3.74. The summed E-state index contributed by atoms with van der Waals surface area (Å²) in [5.41, 5.74) is 12.3. The van der Waals surface area contributed by atoms with E-state index in [2.05, 4.69) is 16.0 Å². The molecule has 1 aromatic heterocycles. The molecule has 88 valence electrons. The van der Waals surface area contributed by atoms with Crippen LogP contribution < -0.4 is 11.5 Å². The van der Waals surface area contributed by atoms with Crippen LogP contribution in [0.15, 0.2) is 18.2 Å². The molecular weight excluding hydrogens is 200 g/mol. The maximum atomic E-state index is 5.67. The van der Waals surface area contributed by atoms with Crippen molar-refractivity contribution in [3.05, 3.63) is 23.9 Å². The zero-order valence-corrected chi connectivity index (χ0v) is 9.60. The molecule has 0 spiro atoms. The standard InChI is InChI=1S/C12H20N4/c13-5-7-16-6-4-10(9-16)8-11-2-1-3-12(14)15-11/h1-3,10H,4-9,13H2,(H2,14,15). The number of hydrogen-bond donors (Lipinski definition) is 2. The number of hydrogen-bond acceptors (Lipinski definition) is 4. The molecule has 1 atom stereocenters. The number of likely N-dealkylation sites (tertiary alicyclic amines) is 1. The zero-order chi connectivity index (χ0) is 11.4. The van der Waals surface area contributed by atoms with E-state index in [0.29, 0.717) is 11.7 Å². The highest BCUT2D eigenvalue weighted by Gasteiger charge is 2.22. The smallest absolute Gasteiger partial charge is 0.123 e. The van der Waals surface area contributed by atoms with Crippen LogP contribution in [0.3, 0.4) is 0 Å². The number of rotatable bonds is 4. The predicted octanol–water partition coefficient (Wildman–Crippen LogP) is 0.487. The Morgan fingerprint density at radius 3 is 3.06 bits per heavy atom. The average Bonchev–Trinajstić information content (AvgIpc) is 2.66. The summed E-state index contributed by atoms with van der Waals surface area (Å²) in [6, 6.07) is 5.87. The minimum atomic E-state index is 0.620. The van der Waals surface area contributed by atoms with Crippen molar-refractivity contribution in [3.63, 3.8) is 0 Å². The van der Waals surface area contributed by atoms with Crippen LogP contribution in [-0.4, -0.2) is 36.1 Å². The van der Waals surface area contributed by atoms with Crippen LogP contribution >= 0.6 is 0 Å². The van der Waals surface area contributed by atoms with E-state index in [9.17, 15) is 0 Å². The lowest BCUT2D eigenvalue weighted by Crippen LogP contribution is -2.27. The number of anilines is 1. The van der Waals surface area contributed by atoms with Crippen LogP contribution in [0.4, 0.5) is 5.82 Å². The highest BCUT2D eigenvalue weighted by molar-refractivity contribution is 5.28. The van der Waals surface area contributed by atoms with Gasteiger partial charge in [-0.3, -0.25) is 0 Å². The van der Waals surface area contributed by atoms with Crippen molar-refractivity contribution in [1.82, 2.24) is 9.88 Å². The minimum Gasteiger partial charge on any atom is -0.384 e. The van der Waals surface area contributed by atoms with Crippen LogP contribution in [0.1, 0.15) is 12.1 Å². The molecule has 0 aromatic carbocycles. The number of nitrogen functional groups attached to an aromatic ring is 1. The van der Waals surface area contributed by atoms with Crippen molar-refractivity contribution < 1.29 is 0 Å². The fourth-order valence-electron chi connectivity index (χ4n) is 2.37. The van der Waals surface area contributed by atoms with Gasteiger partial charge in [-0.2, -0.15) is 0 Å². The van der Waals surface area contributed by atoms with Gasteiger partial charge in [0.1, 0.15) is 5.82 Å². The second-order valence-corrected chi connectivity index (χ2v) is 4.50. The average molecular weight is 220 g/mol. The molecule has 4 heteroatoms. The first-order valence-corrected chi connectivity index (χ1v) is 5.92. The first kappa shape index (κ1) is 11.4. The van der Waals surface area contributed by atoms with Crippen molar-refractivity contribution in [3.8, 4) is 0 Å². The van der Waals surface area contributed by atoms with Gasteiger partial charge in [-0.25, -0.2) is 4.98 Å². The third kappa shape index (κ3) is 2.93. The van der Waals surface area contributed by atoms with E-state index < -0.39 is 0 Å². The van der Waals surface area contributed by atoms with Gasteiger partial charge in [-0.15, -0.1) is 0 Å². The van der Waals surface area contributed by atoms with Crippen LogP contribution in [0, 0.1) is 5.92 Å². The molecule has 0 saturated carbocycles. The molecule has 1 aliphatic rings. The van der Waals surface area contributed by atoms with Crippen molar-refractivity contribution in [2.75, 3.05) is 31.9 Å². The highest BCUT2D eigenvalue weighted by atomic mass is 15.1. The van der Waals surface area contributed by atoms with Gasteiger partial charge in [0, 0.05) is 25.3 Å². The van der Waals surface area contributed by atoms with E-state index in [0.717, 1.165) is 31.7 Å². The predicted molar refractivity (Wildman–Crippen MR) is 66.0 cm³/mol. The molecule has 1 fully saturated rings. The molecular formula is C12H20N4. The zero-order valence-electron chi connectivity index (χ0n) is 9.60. The largest absolute Gasteiger partial charge is 0.384 e. The first-order valence-electron chi connectivity index (χ1n) is 5.92. The Hall–Kier alpha value is -1.13. The molecule has 2 rings (SSSR count). The quantitative estimate of drug-likeness (QED) is 0.774.